The number of phosphoric ester groups is 1. The van der Waals surface area contributed by atoms with Gasteiger partial charge in [-0.2, -0.15) is 35.3 Å². The van der Waals surface area contributed by atoms with E-state index in [4.69, 9.17) is 4.89 Å². The predicted octanol–water partition coefficient (Wildman–Crippen LogP) is 3.43. The van der Waals surface area contributed by atoms with Crippen LogP contribution in [0.15, 0.2) is 0 Å². The molecule has 4 nitrogen and oxygen atoms in total. The molecule has 0 aliphatic heterocycles. The quantitative estimate of drug-likeness (QED) is 0.632. The van der Waals surface area contributed by atoms with Crippen LogP contribution < -0.4 is 0 Å². The summed E-state index contributed by atoms with van der Waals surface area (Å²) in [7, 11) is -6.96. The molecule has 0 heterocycles. The molecule has 0 aromatic heterocycles. The first-order chi connectivity index (χ1) is 7.91. The Labute approximate surface area is 96.1 Å². The van der Waals surface area contributed by atoms with E-state index in [9.17, 15) is 48.5 Å². The predicted molar refractivity (Wildman–Crippen MR) is 34.0 cm³/mol. The van der Waals surface area contributed by atoms with Gasteiger partial charge in [0.25, 0.3) is 0 Å². The molecule has 0 aliphatic carbocycles. The standard InChI is InChI=1S/C4HF10O4P/c5-1(6,2(7,8)9)3(10,11)17-19(15,16)18-4(12,13)14/h(H,15,16). The number of rotatable bonds is 4. The molecule has 0 rings (SSSR count). The number of halogens is 10. The third-order valence-corrected chi connectivity index (χ3v) is 2.07. The molecule has 0 spiro atoms. The molecule has 0 amide bonds. The number of phosphoric acid groups is 1. The van der Waals surface area contributed by atoms with Gasteiger partial charge in [0.15, 0.2) is 0 Å². The Balaban J connectivity index is 5.22. The van der Waals surface area contributed by atoms with E-state index in [0.717, 1.165) is 0 Å². The molecule has 0 aromatic carbocycles. The highest BCUT2D eigenvalue weighted by atomic mass is 31.2. The van der Waals surface area contributed by atoms with Crippen molar-refractivity contribution in [3.05, 3.63) is 0 Å². The van der Waals surface area contributed by atoms with Crippen LogP contribution in [-0.4, -0.2) is 29.5 Å². The van der Waals surface area contributed by atoms with Crippen LogP contribution in [0.1, 0.15) is 0 Å². The van der Waals surface area contributed by atoms with Gasteiger partial charge in [-0.15, -0.1) is 13.2 Å². The molecule has 19 heavy (non-hydrogen) atoms. The summed E-state index contributed by atoms with van der Waals surface area (Å²) in [5.41, 5.74) is 0. The first-order valence-electron chi connectivity index (χ1n) is 3.55. The molecular formula is C4HF10O4P. The van der Waals surface area contributed by atoms with E-state index in [2.05, 4.69) is 0 Å². The lowest BCUT2D eigenvalue weighted by atomic mass is 10.3. The highest BCUT2D eigenvalue weighted by molar-refractivity contribution is 7.47. The second-order valence-electron chi connectivity index (χ2n) is 2.69. The number of hydrogen-bond donors (Lipinski definition) is 1. The van der Waals surface area contributed by atoms with Crippen molar-refractivity contribution in [3.63, 3.8) is 0 Å². The summed E-state index contributed by atoms with van der Waals surface area (Å²) in [6.45, 7) is 0. The van der Waals surface area contributed by atoms with E-state index in [0.29, 0.717) is 0 Å². The fourth-order valence-corrected chi connectivity index (χ4v) is 1.22. The van der Waals surface area contributed by atoms with Crippen LogP contribution in [0.2, 0.25) is 0 Å². The zero-order valence-electron chi connectivity index (χ0n) is 7.90. The van der Waals surface area contributed by atoms with E-state index < -0.39 is 32.4 Å². The van der Waals surface area contributed by atoms with Crippen LogP contribution in [0.3, 0.4) is 0 Å². The van der Waals surface area contributed by atoms with Gasteiger partial charge in [0.1, 0.15) is 0 Å². The molecule has 0 bridgehead atoms. The second kappa shape index (κ2) is 4.75. The van der Waals surface area contributed by atoms with Gasteiger partial charge in [-0.3, -0.25) is 0 Å². The summed E-state index contributed by atoms with van der Waals surface area (Å²) < 4.78 is 132. The second-order valence-corrected chi connectivity index (χ2v) is 3.99. The molecule has 0 saturated carbocycles. The van der Waals surface area contributed by atoms with Crippen LogP contribution in [0.5, 0.6) is 0 Å². The average Bonchev–Trinajstić information content (AvgIpc) is 1.92. The largest absolute Gasteiger partial charge is 0.531 e. The van der Waals surface area contributed by atoms with Gasteiger partial charge in [-0.1, -0.05) is 0 Å². The van der Waals surface area contributed by atoms with Crippen LogP contribution >= 0.6 is 7.82 Å². The maximum absolute atomic E-state index is 12.3. The summed E-state index contributed by atoms with van der Waals surface area (Å²) in [5, 5.41) is 0. The van der Waals surface area contributed by atoms with Crippen molar-refractivity contribution < 1.29 is 62.4 Å². The van der Waals surface area contributed by atoms with Crippen molar-refractivity contribution in [2.75, 3.05) is 0 Å². The van der Waals surface area contributed by atoms with Gasteiger partial charge in [0, 0.05) is 0 Å². The van der Waals surface area contributed by atoms with Gasteiger partial charge >= 0.3 is 32.4 Å². The van der Waals surface area contributed by atoms with Crippen LogP contribution in [-0.2, 0) is 13.6 Å². The molecule has 0 aromatic rings. The van der Waals surface area contributed by atoms with Crippen molar-refractivity contribution in [1.29, 1.82) is 0 Å². The zero-order chi connectivity index (χ0) is 15.9. The first-order valence-corrected chi connectivity index (χ1v) is 5.04. The minimum Gasteiger partial charge on any atom is -0.302 e. The molecule has 1 N–H and O–H groups in total. The molecule has 0 aliphatic rings. The summed E-state index contributed by atoms with van der Waals surface area (Å²) in [4.78, 5) is 8.03. The Bertz CT molecular complexity index is 371. The van der Waals surface area contributed by atoms with Crippen LogP contribution in [0.25, 0.3) is 0 Å². The Hall–Kier alpha value is -0.590. The van der Waals surface area contributed by atoms with Gasteiger partial charge in [0.2, 0.25) is 0 Å². The van der Waals surface area contributed by atoms with Crippen molar-refractivity contribution in [3.8, 4) is 0 Å². The van der Waals surface area contributed by atoms with E-state index in [1.807, 2.05) is 9.05 Å². The fraction of sp³-hybridized carbons (Fsp3) is 1.00. The Morgan fingerprint density at radius 1 is 0.789 bits per heavy atom. The fourth-order valence-electron chi connectivity index (χ4n) is 0.517. The van der Waals surface area contributed by atoms with Gasteiger partial charge in [-0.25, -0.2) is 9.09 Å². The monoisotopic (exact) mass is 334 g/mol. The lowest BCUT2D eigenvalue weighted by Crippen LogP contribution is -2.53. The average molecular weight is 334 g/mol. The van der Waals surface area contributed by atoms with E-state index >= 15 is 0 Å². The maximum atomic E-state index is 12.3. The molecule has 15 heteroatoms. The Kier molecular flexibility index (Phi) is 4.60. The highest BCUT2D eigenvalue weighted by Gasteiger charge is 2.76. The Morgan fingerprint density at radius 2 is 1.16 bits per heavy atom. The van der Waals surface area contributed by atoms with Gasteiger partial charge in [-0.05, 0) is 0 Å². The van der Waals surface area contributed by atoms with Gasteiger partial charge < -0.3 is 4.89 Å². The Morgan fingerprint density at radius 3 is 1.42 bits per heavy atom. The normalized spacial score (nSPS) is 18.3. The summed E-state index contributed by atoms with van der Waals surface area (Å²) in [6.07, 6.45) is -19.8. The number of hydrogen-bond acceptors (Lipinski definition) is 3. The molecule has 0 saturated heterocycles. The SMILES string of the molecule is O=P(O)(OC(F)(F)F)OC(F)(F)C(F)(F)C(F)(F)F. The topological polar surface area (TPSA) is 55.8 Å². The van der Waals surface area contributed by atoms with Crippen LogP contribution in [0, 0.1) is 0 Å². The number of alkyl halides is 10. The zero-order valence-corrected chi connectivity index (χ0v) is 8.79. The molecule has 0 fully saturated rings. The highest BCUT2D eigenvalue weighted by Crippen LogP contribution is 2.58. The van der Waals surface area contributed by atoms with Crippen molar-refractivity contribution in [2.24, 2.45) is 0 Å². The lowest BCUT2D eigenvalue weighted by Gasteiger charge is -2.28. The lowest BCUT2D eigenvalue weighted by molar-refractivity contribution is -0.408. The summed E-state index contributed by atoms with van der Waals surface area (Å²) >= 11 is 0. The third kappa shape index (κ3) is 4.78. The van der Waals surface area contributed by atoms with Crippen molar-refractivity contribution >= 4 is 7.82 Å². The first kappa shape index (κ1) is 18.4. The van der Waals surface area contributed by atoms with E-state index in [1.54, 1.807) is 0 Å². The molecular weight excluding hydrogens is 333 g/mol. The van der Waals surface area contributed by atoms with E-state index in [1.165, 1.54) is 0 Å². The molecule has 116 valence electrons. The molecule has 1 unspecified atom stereocenters. The summed E-state index contributed by atoms with van der Waals surface area (Å²) in [5.74, 6) is -7.02. The third-order valence-electron chi connectivity index (χ3n) is 1.17. The minimum atomic E-state index is -7.02. The smallest absolute Gasteiger partial charge is 0.302 e. The van der Waals surface area contributed by atoms with Crippen molar-refractivity contribution in [2.45, 2.75) is 24.6 Å². The van der Waals surface area contributed by atoms with Crippen LogP contribution in [0.4, 0.5) is 43.9 Å². The van der Waals surface area contributed by atoms with Crippen molar-refractivity contribution in [1.82, 2.24) is 0 Å². The van der Waals surface area contributed by atoms with E-state index in [-0.39, 0.29) is 0 Å². The molecule has 1 atom stereocenters. The molecule has 0 radical (unpaired) electrons. The van der Waals surface area contributed by atoms with Gasteiger partial charge in [0.05, 0.1) is 0 Å². The minimum absolute atomic E-state index is 1.96. The maximum Gasteiger partial charge on any atom is 0.531 e. The summed E-state index contributed by atoms with van der Waals surface area (Å²) in [6, 6.07) is 0.